The lowest BCUT2D eigenvalue weighted by Crippen LogP contribution is -2.27. The fourth-order valence-electron chi connectivity index (χ4n) is 4.88. The number of benzene rings is 2. The van der Waals surface area contributed by atoms with Gasteiger partial charge in [-0.1, -0.05) is 30.2 Å². The van der Waals surface area contributed by atoms with E-state index in [-0.39, 0.29) is 25.1 Å². The SMILES string of the molecule is CCOC(=O)/C(=C\c1ccc(F)c(C)c1)COC1CCC[C@H](COCc2nc(-c3cccc(C)c3)oc2C)C1. The summed E-state index contributed by atoms with van der Waals surface area (Å²) in [5, 5.41) is 0. The van der Waals surface area contributed by atoms with Gasteiger partial charge in [-0.05, 0) is 94.3 Å². The molecule has 7 heteroatoms. The third-order valence-electron chi connectivity index (χ3n) is 7.02. The first-order valence-corrected chi connectivity index (χ1v) is 13.7. The number of esters is 1. The largest absolute Gasteiger partial charge is 0.463 e. The van der Waals surface area contributed by atoms with Crippen LogP contribution in [0.5, 0.6) is 0 Å². The second kappa shape index (κ2) is 13.7. The summed E-state index contributed by atoms with van der Waals surface area (Å²) in [7, 11) is 0. The Hall–Kier alpha value is -3.29. The van der Waals surface area contributed by atoms with Gasteiger partial charge in [0.15, 0.2) is 0 Å². The van der Waals surface area contributed by atoms with Crippen LogP contribution in [0.2, 0.25) is 0 Å². The van der Waals surface area contributed by atoms with Crippen molar-refractivity contribution in [2.24, 2.45) is 5.92 Å². The normalized spacial score (nSPS) is 17.8. The van der Waals surface area contributed by atoms with Crippen LogP contribution in [0.3, 0.4) is 0 Å². The Morgan fingerprint density at radius 2 is 2.00 bits per heavy atom. The molecule has 1 aliphatic carbocycles. The first-order valence-electron chi connectivity index (χ1n) is 13.7. The molecular formula is C32H38FNO5. The minimum Gasteiger partial charge on any atom is -0.463 e. The molecule has 1 unspecified atom stereocenters. The zero-order chi connectivity index (χ0) is 27.8. The summed E-state index contributed by atoms with van der Waals surface area (Å²) in [5.74, 6) is 1.06. The maximum absolute atomic E-state index is 13.7. The maximum atomic E-state index is 13.7. The van der Waals surface area contributed by atoms with Crippen LogP contribution in [0.4, 0.5) is 4.39 Å². The molecule has 1 fully saturated rings. The smallest absolute Gasteiger partial charge is 0.336 e. The van der Waals surface area contributed by atoms with Gasteiger partial charge in [0, 0.05) is 5.56 Å². The van der Waals surface area contributed by atoms with Gasteiger partial charge >= 0.3 is 5.97 Å². The third kappa shape index (κ3) is 8.10. The third-order valence-corrected chi connectivity index (χ3v) is 7.02. The molecule has 0 amide bonds. The van der Waals surface area contributed by atoms with Crippen molar-refractivity contribution in [3.63, 3.8) is 0 Å². The second-order valence-corrected chi connectivity index (χ2v) is 10.3. The molecular weight excluding hydrogens is 497 g/mol. The van der Waals surface area contributed by atoms with E-state index in [1.807, 2.05) is 32.0 Å². The van der Waals surface area contributed by atoms with Gasteiger partial charge in [0.1, 0.15) is 17.3 Å². The van der Waals surface area contributed by atoms with Crippen LogP contribution in [0.1, 0.15) is 60.8 Å². The molecule has 1 aliphatic rings. The second-order valence-electron chi connectivity index (χ2n) is 10.3. The summed E-state index contributed by atoms with van der Waals surface area (Å²) in [4.78, 5) is 17.2. The van der Waals surface area contributed by atoms with E-state index in [2.05, 4.69) is 11.1 Å². The van der Waals surface area contributed by atoms with Crippen molar-refractivity contribution >= 4 is 12.0 Å². The molecule has 1 saturated carbocycles. The lowest BCUT2D eigenvalue weighted by molar-refractivity contribution is -0.139. The Kier molecular flexibility index (Phi) is 10.1. The number of carbonyl (C=O) groups is 1. The minimum absolute atomic E-state index is 0.0295. The van der Waals surface area contributed by atoms with Gasteiger partial charge in [0.2, 0.25) is 5.89 Å². The average molecular weight is 536 g/mol. The first-order chi connectivity index (χ1) is 18.8. The number of carbonyl (C=O) groups excluding carboxylic acids is 1. The molecule has 2 atom stereocenters. The highest BCUT2D eigenvalue weighted by molar-refractivity contribution is 5.94. The molecule has 0 aliphatic heterocycles. The van der Waals surface area contributed by atoms with Crippen LogP contribution in [0.15, 0.2) is 52.5 Å². The molecule has 1 aromatic heterocycles. The van der Waals surface area contributed by atoms with Crippen molar-refractivity contribution in [3.05, 3.63) is 82.0 Å². The number of hydrogen-bond donors (Lipinski definition) is 0. The van der Waals surface area contributed by atoms with E-state index < -0.39 is 5.97 Å². The topological polar surface area (TPSA) is 70.8 Å². The van der Waals surface area contributed by atoms with Crippen LogP contribution >= 0.6 is 0 Å². The molecule has 0 spiro atoms. The van der Waals surface area contributed by atoms with Crippen molar-refractivity contribution < 1.29 is 27.8 Å². The number of aromatic nitrogens is 1. The molecule has 0 radical (unpaired) electrons. The van der Waals surface area contributed by atoms with E-state index in [0.29, 0.717) is 36.2 Å². The van der Waals surface area contributed by atoms with Crippen molar-refractivity contribution in [1.29, 1.82) is 0 Å². The van der Waals surface area contributed by atoms with E-state index in [1.54, 1.807) is 32.1 Å². The predicted octanol–water partition coefficient (Wildman–Crippen LogP) is 7.14. The van der Waals surface area contributed by atoms with E-state index in [4.69, 9.17) is 18.6 Å². The van der Waals surface area contributed by atoms with Crippen molar-refractivity contribution in [3.8, 4) is 11.5 Å². The Morgan fingerprint density at radius 3 is 2.77 bits per heavy atom. The summed E-state index contributed by atoms with van der Waals surface area (Å²) in [6.45, 7) is 8.87. The van der Waals surface area contributed by atoms with Gasteiger partial charge in [0.25, 0.3) is 0 Å². The summed E-state index contributed by atoms with van der Waals surface area (Å²) in [6.07, 6.45) is 5.65. The van der Waals surface area contributed by atoms with Gasteiger partial charge in [0.05, 0.1) is 38.1 Å². The highest BCUT2D eigenvalue weighted by Crippen LogP contribution is 2.28. The Bertz CT molecular complexity index is 1300. The number of nitrogens with zero attached hydrogens (tertiary/aromatic N) is 1. The monoisotopic (exact) mass is 535 g/mol. The van der Waals surface area contributed by atoms with Crippen molar-refractivity contribution in [2.75, 3.05) is 19.8 Å². The Morgan fingerprint density at radius 1 is 1.15 bits per heavy atom. The first kappa shape index (κ1) is 28.7. The van der Waals surface area contributed by atoms with E-state index in [1.165, 1.54) is 6.07 Å². The zero-order valence-electron chi connectivity index (χ0n) is 23.3. The van der Waals surface area contributed by atoms with Crippen LogP contribution in [-0.4, -0.2) is 36.9 Å². The zero-order valence-corrected chi connectivity index (χ0v) is 23.3. The predicted molar refractivity (Wildman–Crippen MR) is 149 cm³/mol. The van der Waals surface area contributed by atoms with E-state index in [0.717, 1.165) is 53.8 Å². The van der Waals surface area contributed by atoms with Gasteiger partial charge in [-0.15, -0.1) is 0 Å². The Balaban J connectivity index is 1.30. The van der Waals surface area contributed by atoms with E-state index in [9.17, 15) is 9.18 Å². The van der Waals surface area contributed by atoms with Crippen LogP contribution in [0.25, 0.3) is 17.5 Å². The van der Waals surface area contributed by atoms with E-state index >= 15 is 0 Å². The number of halogens is 1. The van der Waals surface area contributed by atoms with Crippen LogP contribution < -0.4 is 0 Å². The van der Waals surface area contributed by atoms with Crippen LogP contribution in [-0.2, 0) is 25.6 Å². The standard InChI is InChI=1S/C32H38FNO5/c1-5-37-32(35)27(16-24-12-13-29(33)22(3)15-24)19-38-28-11-7-9-25(17-28)18-36-20-30-23(4)39-31(34-30)26-10-6-8-21(2)14-26/h6,8,10,12-16,25,28H,5,7,9,11,17-20H2,1-4H3/b27-16-/t25-,28?/m0/s1. The molecule has 0 bridgehead atoms. The molecule has 2 aromatic carbocycles. The maximum Gasteiger partial charge on any atom is 0.336 e. The molecule has 1 heterocycles. The molecule has 4 rings (SSSR count). The number of aryl methyl sites for hydroxylation is 3. The molecule has 208 valence electrons. The number of ether oxygens (including phenoxy) is 3. The molecule has 0 saturated heterocycles. The molecule has 0 N–H and O–H groups in total. The highest BCUT2D eigenvalue weighted by atomic mass is 19.1. The fourth-order valence-corrected chi connectivity index (χ4v) is 4.88. The summed E-state index contributed by atoms with van der Waals surface area (Å²) in [6, 6.07) is 12.9. The summed E-state index contributed by atoms with van der Waals surface area (Å²) < 4.78 is 37.1. The highest BCUT2D eigenvalue weighted by Gasteiger charge is 2.24. The average Bonchev–Trinajstić information content (AvgIpc) is 3.29. The summed E-state index contributed by atoms with van der Waals surface area (Å²) in [5.41, 5.74) is 4.62. The molecule has 6 nitrogen and oxygen atoms in total. The molecule has 3 aromatic rings. The van der Waals surface area contributed by atoms with Crippen LogP contribution in [0, 0.1) is 32.5 Å². The minimum atomic E-state index is -0.414. The quantitative estimate of drug-likeness (QED) is 0.192. The summed E-state index contributed by atoms with van der Waals surface area (Å²) >= 11 is 0. The number of oxazole rings is 1. The lowest BCUT2D eigenvalue weighted by atomic mass is 9.87. The number of hydrogen-bond acceptors (Lipinski definition) is 6. The molecule has 39 heavy (non-hydrogen) atoms. The fraction of sp³-hybridized carbons (Fsp3) is 0.438. The Labute approximate surface area is 230 Å². The van der Waals surface area contributed by atoms with Crippen molar-refractivity contribution in [2.45, 2.75) is 66.1 Å². The van der Waals surface area contributed by atoms with Gasteiger partial charge < -0.3 is 18.6 Å². The lowest BCUT2D eigenvalue weighted by Gasteiger charge is -2.29. The van der Waals surface area contributed by atoms with Gasteiger partial charge in [-0.25, -0.2) is 14.2 Å². The van der Waals surface area contributed by atoms with Gasteiger partial charge in [-0.2, -0.15) is 0 Å². The van der Waals surface area contributed by atoms with Crippen molar-refractivity contribution in [1.82, 2.24) is 4.98 Å². The number of rotatable bonds is 11. The van der Waals surface area contributed by atoms with Gasteiger partial charge in [-0.3, -0.25) is 0 Å².